The molecular weight excluding hydrogens is 241 g/mol. The predicted molar refractivity (Wildman–Crippen MR) is 67.2 cm³/mol. The first kappa shape index (κ1) is 15.8. The fourth-order valence-corrected chi connectivity index (χ4v) is 2.68. The van der Waals surface area contributed by atoms with Gasteiger partial charge in [0.2, 0.25) is 0 Å². The fourth-order valence-electron chi connectivity index (χ4n) is 2.68. The molecule has 0 saturated heterocycles. The molecule has 3 N–H and O–H groups in total. The highest BCUT2D eigenvalue weighted by atomic mass is 19.4. The summed E-state index contributed by atoms with van der Waals surface area (Å²) in [5, 5.41) is 3.32. The second kappa shape index (κ2) is 6.75. The largest absolute Gasteiger partial charge is 0.391 e. The maximum Gasteiger partial charge on any atom is 0.391 e. The molecule has 1 rings (SSSR count). The van der Waals surface area contributed by atoms with Crippen LogP contribution in [0.4, 0.5) is 13.2 Å². The molecule has 0 bridgehead atoms. The fraction of sp³-hybridized carbons (Fsp3) is 1.00. The summed E-state index contributed by atoms with van der Waals surface area (Å²) in [7, 11) is 0. The van der Waals surface area contributed by atoms with Crippen molar-refractivity contribution in [1.82, 2.24) is 5.32 Å². The average molecular weight is 266 g/mol. The van der Waals surface area contributed by atoms with Crippen LogP contribution in [0, 0.1) is 17.8 Å². The van der Waals surface area contributed by atoms with Crippen LogP contribution in [-0.4, -0.2) is 25.3 Å². The van der Waals surface area contributed by atoms with Gasteiger partial charge in [0.05, 0.1) is 5.92 Å². The Kier molecular flexibility index (Phi) is 5.92. The molecule has 18 heavy (non-hydrogen) atoms. The van der Waals surface area contributed by atoms with E-state index in [2.05, 4.69) is 19.2 Å². The second-order valence-corrected chi connectivity index (χ2v) is 5.77. The molecule has 1 aliphatic rings. The molecule has 0 aliphatic heterocycles. The highest BCUT2D eigenvalue weighted by molar-refractivity contribution is 4.81. The van der Waals surface area contributed by atoms with Gasteiger partial charge >= 0.3 is 6.18 Å². The zero-order chi connectivity index (χ0) is 13.8. The summed E-state index contributed by atoms with van der Waals surface area (Å²) in [6.45, 7) is 5.34. The van der Waals surface area contributed by atoms with Crippen molar-refractivity contribution in [3.63, 3.8) is 0 Å². The van der Waals surface area contributed by atoms with Gasteiger partial charge in [-0.3, -0.25) is 0 Å². The number of nitrogens with one attached hydrogen (secondary N) is 1. The summed E-state index contributed by atoms with van der Waals surface area (Å²) in [6, 6.07) is 0.205. The smallest absolute Gasteiger partial charge is 0.329 e. The minimum atomic E-state index is -4.02. The van der Waals surface area contributed by atoms with Gasteiger partial charge in [0.15, 0.2) is 0 Å². The van der Waals surface area contributed by atoms with Gasteiger partial charge in [-0.1, -0.05) is 20.3 Å². The van der Waals surface area contributed by atoms with E-state index in [-0.39, 0.29) is 18.4 Å². The third-order valence-corrected chi connectivity index (χ3v) is 3.97. The van der Waals surface area contributed by atoms with Gasteiger partial charge in [-0.15, -0.1) is 0 Å². The van der Waals surface area contributed by atoms with Crippen molar-refractivity contribution in [1.29, 1.82) is 0 Å². The zero-order valence-electron chi connectivity index (χ0n) is 11.3. The van der Waals surface area contributed by atoms with E-state index in [4.69, 9.17) is 5.73 Å². The van der Waals surface area contributed by atoms with E-state index < -0.39 is 12.1 Å². The SMILES string of the molecule is CC(C)C(CN)NCC1CCCC(C(F)(F)F)C1. The van der Waals surface area contributed by atoms with Crippen molar-refractivity contribution in [3.05, 3.63) is 0 Å². The lowest BCUT2D eigenvalue weighted by atomic mass is 9.81. The molecule has 0 amide bonds. The van der Waals surface area contributed by atoms with Gasteiger partial charge in [-0.2, -0.15) is 13.2 Å². The Morgan fingerprint density at radius 3 is 2.44 bits per heavy atom. The lowest BCUT2D eigenvalue weighted by Gasteiger charge is -2.32. The normalized spacial score (nSPS) is 27.5. The number of hydrogen-bond acceptors (Lipinski definition) is 2. The molecule has 0 radical (unpaired) electrons. The standard InChI is InChI=1S/C13H25F3N2/c1-9(2)12(7-17)18-8-10-4-3-5-11(6-10)13(14,15)16/h9-12,18H,3-8,17H2,1-2H3. The number of nitrogens with two attached hydrogens (primary N) is 1. The van der Waals surface area contributed by atoms with E-state index in [1.54, 1.807) is 0 Å². The maximum absolute atomic E-state index is 12.7. The molecular formula is C13H25F3N2. The lowest BCUT2D eigenvalue weighted by Crippen LogP contribution is -2.43. The molecule has 108 valence electrons. The monoisotopic (exact) mass is 266 g/mol. The van der Waals surface area contributed by atoms with Crippen molar-refractivity contribution in [3.8, 4) is 0 Å². The van der Waals surface area contributed by atoms with Gasteiger partial charge in [0.1, 0.15) is 0 Å². The van der Waals surface area contributed by atoms with Gasteiger partial charge < -0.3 is 11.1 Å². The van der Waals surface area contributed by atoms with Crippen LogP contribution in [0.3, 0.4) is 0 Å². The first-order valence-electron chi connectivity index (χ1n) is 6.84. The van der Waals surface area contributed by atoms with Gasteiger partial charge in [-0.05, 0) is 37.6 Å². The average Bonchev–Trinajstić information content (AvgIpc) is 2.28. The predicted octanol–water partition coefficient (Wildman–Crippen LogP) is 2.93. The molecule has 1 aliphatic carbocycles. The Labute approximate surface area is 107 Å². The van der Waals surface area contributed by atoms with Crippen LogP contribution in [0.15, 0.2) is 0 Å². The molecule has 3 unspecified atom stereocenters. The Hall–Kier alpha value is -0.290. The first-order chi connectivity index (χ1) is 8.34. The molecule has 1 saturated carbocycles. The third-order valence-electron chi connectivity index (χ3n) is 3.97. The van der Waals surface area contributed by atoms with Crippen LogP contribution in [0.1, 0.15) is 39.5 Å². The van der Waals surface area contributed by atoms with Crippen LogP contribution in [0.2, 0.25) is 0 Å². The van der Waals surface area contributed by atoms with Crippen LogP contribution in [0.5, 0.6) is 0 Å². The highest BCUT2D eigenvalue weighted by Crippen LogP contribution is 2.39. The number of halogens is 3. The molecule has 3 atom stereocenters. The Morgan fingerprint density at radius 2 is 1.94 bits per heavy atom. The number of hydrogen-bond donors (Lipinski definition) is 2. The Balaban J connectivity index is 2.39. The van der Waals surface area contributed by atoms with E-state index in [9.17, 15) is 13.2 Å². The van der Waals surface area contributed by atoms with Crippen molar-refractivity contribution >= 4 is 0 Å². The summed E-state index contributed by atoms with van der Waals surface area (Å²) < 4.78 is 38.0. The lowest BCUT2D eigenvalue weighted by molar-refractivity contribution is -0.185. The molecule has 0 aromatic heterocycles. The third kappa shape index (κ3) is 4.76. The van der Waals surface area contributed by atoms with E-state index >= 15 is 0 Å². The molecule has 0 spiro atoms. The van der Waals surface area contributed by atoms with Gasteiger partial charge in [-0.25, -0.2) is 0 Å². The first-order valence-corrected chi connectivity index (χ1v) is 6.84. The van der Waals surface area contributed by atoms with Gasteiger partial charge in [0, 0.05) is 12.6 Å². The Morgan fingerprint density at radius 1 is 1.28 bits per heavy atom. The number of rotatable bonds is 5. The molecule has 2 nitrogen and oxygen atoms in total. The quantitative estimate of drug-likeness (QED) is 0.803. The van der Waals surface area contributed by atoms with E-state index in [1.807, 2.05) is 0 Å². The summed E-state index contributed by atoms with van der Waals surface area (Å²) in [6.07, 6.45) is -1.87. The van der Waals surface area contributed by atoms with Crippen LogP contribution in [0.25, 0.3) is 0 Å². The van der Waals surface area contributed by atoms with E-state index in [0.29, 0.717) is 31.8 Å². The molecule has 0 aromatic carbocycles. The van der Waals surface area contributed by atoms with Crippen LogP contribution >= 0.6 is 0 Å². The molecule has 5 heteroatoms. The summed E-state index contributed by atoms with van der Waals surface area (Å²) in [5.41, 5.74) is 5.64. The summed E-state index contributed by atoms with van der Waals surface area (Å²) in [4.78, 5) is 0. The number of alkyl halides is 3. The van der Waals surface area contributed by atoms with Gasteiger partial charge in [0.25, 0.3) is 0 Å². The molecule has 1 fully saturated rings. The molecule has 0 heterocycles. The minimum absolute atomic E-state index is 0.137. The van der Waals surface area contributed by atoms with Crippen molar-refractivity contribution in [2.75, 3.05) is 13.1 Å². The summed E-state index contributed by atoms with van der Waals surface area (Å²) in [5.74, 6) is -0.552. The maximum atomic E-state index is 12.7. The molecule has 0 aromatic rings. The minimum Gasteiger partial charge on any atom is -0.329 e. The van der Waals surface area contributed by atoms with Crippen LogP contribution in [-0.2, 0) is 0 Å². The van der Waals surface area contributed by atoms with E-state index in [1.165, 1.54) is 0 Å². The van der Waals surface area contributed by atoms with Crippen molar-refractivity contribution in [2.24, 2.45) is 23.5 Å². The topological polar surface area (TPSA) is 38.0 Å². The summed E-state index contributed by atoms with van der Waals surface area (Å²) >= 11 is 0. The van der Waals surface area contributed by atoms with Crippen molar-refractivity contribution in [2.45, 2.75) is 51.7 Å². The second-order valence-electron chi connectivity index (χ2n) is 5.77. The van der Waals surface area contributed by atoms with E-state index in [0.717, 1.165) is 6.42 Å². The Bertz CT molecular complexity index is 241. The zero-order valence-corrected chi connectivity index (χ0v) is 11.3. The van der Waals surface area contributed by atoms with Crippen molar-refractivity contribution < 1.29 is 13.2 Å². The highest BCUT2D eigenvalue weighted by Gasteiger charge is 2.42. The van der Waals surface area contributed by atoms with Crippen LogP contribution < -0.4 is 11.1 Å².